The topological polar surface area (TPSA) is 194 Å². The summed E-state index contributed by atoms with van der Waals surface area (Å²) < 4.78 is 0. The largest absolute Gasteiger partial charge is 0.481 e. The van der Waals surface area contributed by atoms with Crippen LogP contribution in [-0.4, -0.2) is 49.9 Å². The summed E-state index contributed by atoms with van der Waals surface area (Å²) in [7, 11) is 0. The molecule has 3 N–H and O–H groups in total. The van der Waals surface area contributed by atoms with Gasteiger partial charge in [-0.05, 0) is 25.0 Å². The Bertz CT molecular complexity index is 1090. The molecule has 168 valence electrons. The van der Waals surface area contributed by atoms with Crippen molar-refractivity contribution in [2.75, 3.05) is 23.4 Å². The lowest BCUT2D eigenvalue weighted by Crippen LogP contribution is -2.37. The molecule has 1 aliphatic rings. The number of carbonyl (C=O) groups is 2. The molecule has 0 unspecified atom stereocenters. The summed E-state index contributed by atoms with van der Waals surface area (Å²) in [6.45, 7) is 0.490. The Balaban J connectivity index is 1.79. The Morgan fingerprint density at radius 3 is 2.44 bits per heavy atom. The normalized spacial score (nSPS) is 14.0. The van der Waals surface area contributed by atoms with E-state index in [0.717, 1.165) is 12.4 Å². The summed E-state index contributed by atoms with van der Waals surface area (Å²) in [5.41, 5.74) is 3.46. The number of hydrogen-bond donors (Lipinski definition) is 3. The van der Waals surface area contributed by atoms with Crippen LogP contribution in [0.2, 0.25) is 5.02 Å². The molecule has 3 rings (SSSR count). The smallest absolute Gasteiger partial charge is 0.355 e. The number of hydrogen-bond acceptors (Lipinski definition) is 10. The van der Waals surface area contributed by atoms with Gasteiger partial charge in [0.15, 0.2) is 0 Å². The number of benzene rings is 1. The van der Waals surface area contributed by atoms with Crippen molar-refractivity contribution in [3.63, 3.8) is 0 Å². The first-order valence-electron chi connectivity index (χ1n) is 9.16. The summed E-state index contributed by atoms with van der Waals surface area (Å²) in [4.78, 5) is 54.0. The second-order valence-corrected chi connectivity index (χ2v) is 7.16. The second kappa shape index (κ2) is 9.38. The molecule has 1 aliphatic heterocycles. The fraction of sp³-hybridized carbons (Fsp3) is 0.294. The summed E-state index contributed by atoms with van der Waals surface area (Å²) in [5, 5.41) is 31.6. The average molecular weight is 466 g/mol. The monoisotopic (exact) mass is 465 g/mol. The van der Waals surface area contributed by atoms with Crippen LogP contribution in [0.1, 0.15) is 23.2 Å². The van der Waals surface area contributed by atoms with E-state index in [1.807, 2.05) is 0 Å². The van der Waals surface area contributed by atoms with Crippen molar-refractivity contribution < 1.29 is 24.5 Å². The third-order valence-corrected chi connectivity index (χ3v) is 5.15. The van der Waals surface area contributed by atoms with Gasteiger partial charge in [-0.3, -0.25) is 40.7 Å². The lowest BCUT2D eigenvalue weighted by molar-refractivity contribution is -0.384. The van der Waals surface area contributed by atoms with E-state index >= 15 is 0 Å². The zero-order valence-electron chi connectivity index (χ0n) is 16.2. The van der Waals surface area contributed by atoms with Crippen molar-refractivity contribution in [2.24, 2.45) is 5.92 Å². The van der Waals surface area contributed by atoms with Gasteiger partial charge in [0.2, 0.25) is 11.6 Å². The molecule has 0 atom stereocenters. The van der Waals surface area contributed by atoms with Crippen LogP contribution in [0, 0.1) is 26.1 Å². The molecular weight excluding hydrogens is 450 g/mol. The molecule has 0 radical (unpaired) electrons. The van der Waals surface area contributed by atoms with Gasteiger partial charge in [0, 0.05) is 24.7 Å². The van der Waals surface area contributed by atoms with Crippen LogP contribution in [0.5, 0.6) is 0 Å². The van der Waals surface area contributed by atoms with Crippen LogP contribution in [0.25, 0.3) is 0 Å². The summed E-state index contributed by atoms with van der Waals surface area (Å²) in [6, 6.07) is 3.39. The molecule has 0 aliphatic carbocycles. The number of nitrogens with one attached hydrogen (secondary N) is 2. The van der Waals surface area contributed by atoms with Crippen LogP contribution in [-0.2, 0) is 4.79 Å². The van der Waals surface area contributed by atoms with Gasteiger partial charge >= 0.3 is 11.7 Å². The number of aliphatic carboxylic acids is 1. The number of carboxylic acids is 1. The van der Waals surface area contributed by atoms with Crippen LogP contribution < -0.4 is 15.8 Å². The SMILES string of the molecule is O=C(NNc1ncnc(N2CCC(C(=O)O)CC2)c1[N+](=O)[O-])c1ccc(Cl)c([N+](=O)[O-])c1. The number of carboxylic acid groups (broad SMARTS) is 1. The quantitative estimate of drug-likeness (QED) is 0.399. The molecule has 0 saturated carbocycles. The number of rotatable bonds is 7. The van der Waals surface area contributed by atoms with Crippen molar-refractivity contribution >= 4 is 46.5 Å². The fourth-order valence-electron chi connectivity index (χ4n) is 3.18. The highest BCUT2D eigenvalue weighted by atomic mass is 35.5. The van der Waals surface area contributed by atoms with Gasteiger partial charge in [-0.25, -0.2) is 9.97 Å². The molecular formula is C17H16ClN7O7. The predicted molar refractivity (Wildman–Crippen MR) is 110 cm³/mol. The lowest BCUT2D eigenvalue weighted by Gasteiger charge is -2.30. The Morgan fingerprint density at radius 1 is 1.16 bits per heavy atom. The molecule has 32 heavy (non-hydrogen) atoms. The first-order chi connectivity index (χ1) is 15.2. The summed E-state index contributed by atoms with van der Waals surface area (Å²) >= 11 is 5.72. The highest BCUT2D eigenvalue weighted by molar-refractivity contribution is 6.32. The zero-order chi connectivity index (χ0) is 23.4. The van der Waals surface area contributed by atoms with E-state index in [1.165, 1.54) is 12.1 Å². The maximum Gasteiger partial charge on any atom is 0.355 e. The molecule has 15 heteroatoms. The number of halogens is 1. The maximum absolute atomic E-state index is 12.4. The van der Waals surface area contributed by atoms with Crippen molar-refractivity contribution in [1.82, 2.24) is 15.4 Å². The number of amides is 1. The van der Waals surface area contributed by atoms with Crippen LogP contribution in [0.15, 0.2) is 24.5 Å². The van der Waals surface area contributed by atoms with Gasteiger partial charge < -0.3 is 10.0 Å². The van der Waals surface area contributed by atoms with E-state index in [9.17, 15) is 29.8 Å². The maximum atomic E-state index is 12.4. The second-order valence-electron chi connectivity index (χ2n) is 6.75. The number of anilines is 2. The van der Waals surface area contributed by atoms with Gasteiger partial charge in [-0.2, -0.15) is 0 Å². The average Bonchev–Trinajstić information content (AvgIpc) is 2.77. The van der Waals surface area contributed by atoms with Crippen LogP contribution >= 0.6 is 11.6 Å². The Hall–Kier alpha value is -4.07. The van der Waals surface area contributed by atoms with E-state index in [2.05, 4.69) is 20.8 Å². The molecule has 1 saturated heterocycles. The number of carbonyl (C=O) groups excluding carboxylic acids is 1. The fourth-order valence-corrected chi connectivity index (χ4v) is 3.37. The van der Waals surface area contributed by atoms with Crippen molar-refractivity contribution in [3.05, 3.63) is 55.3 Å². The van der Waals surface area contributed by atoms with E-state index in [1.54, 1.807) is 4.90 Å². The molecule has 2 heterocycles. The van der Waals surface area contributed by atoms with Crippen molar-refractivity contribution in [3.8, 4) is 0 Å². The Labute approximate surface area is 184 Å². The third-order valence-electron chi connectivity index (χ3n) is 4.83. The number of hydrazine groups is 1. The van der Waals surface area contributed by atoms with Crippen molar-refractivity contribution in [2.45, 2.75) is 12.8 Å². The standard InChI is InChI=1S/C17H16ClN7O7/c18-11-2-1-10(7-12(11)24(29)30)16(26)22-21-14-13(25(31)32)15(20-8-19-14)23-5-3-9(4-6-23)17(27)28/h1-2,7-9H,3-6H2,(H,22,26)(H,27,28)(H,19,20,21). The third kappa shape index (κ3) is 4.80. The molecule has 1 aromatic heterocycles. The minimum absolute atomic E-state index is 0.0206. The Kier molecular flexibility index (Phi) is 6.63. The van der Waals surface area contributed by atoms with Gasteiger partial charge in [0.05, 0.1) is 15.8 Å². The van der Waals surface area contributed by atoms with Crippen molar-refractivity contribution in [1.29, 1.82) is 0 Å². The Morgan fingerprint density at radius 2 is 1.84 bits per heavy atom. The number of piperidine rings is 1. The zero-order valence-corrected chi connectivity index (χ0v) is 17.0. The van der Waals surface area contributed by atoms with E-state index in [0.29, 0.717) is 12.8 Å². The summed E-state index contributed by atoms with van der Waals surface area (Å²) in [6.07, 6.45) is 1.66. The molecule has 14 nitrogen and oxygen atoms in total. The first-order valence-corrected chi connectivity index (χ1v) is 9.54. The highest BCUT2D eigenvalue weighted by Gasteiger charge is 2.32. The molecule has 2 aromatic rings. The van der Waals surface area contributed by atoms with Gasteiger partial charge in [0.1, 0.15) is 11.3 Å². The van der Waals surface area contributed by atoms with E-state index in [4.69, 9.17) is 16.7 Å². The molecule has 0 spiro atoms. The predicted octanol–water partition coefficient (Wildman–Crippen LogP) is 2.00. The number of nitrogens with zero attached hydrogens (tertiary/aromatic N) is 5. The van der Waals surface area contributed by atoms with Crippen LogP contribution in [0.3, 0.4) is 0 Å². The molecule has 1 fully saturated rings. The first kappa shape index (κ1) is 22.6. The number of aromatic nitrogens is 2. The highest BCUT2D eigenvalue weighted by Crippen LogP contribution is 2.34. The molecule has 1 aromatic carbocycles. The van der Waals surface area contributed by atoms with Crippen LogP contribution in [0.4, 0.5) is 23.0 Å². The van der Waals surface area contributed by atoms with Gasteiger partial charge in [-0.15, -0.1) is 0 Å². The number of nitro groups is 2. The van der Waals surface area contributed by atoms with E-state index in [-0.39, 0.29) is 35.3 Å². The van der Waals surface area contributed by atoms with E-state index < -0.39 is 39.0 Å². The lowest BCUT2D eigenvalue weighted by atomic mass is 9.97. The minimum atomic E-state index is -0.922. The molecule has 0 bridgehead atoms. The molecule has 1 amide bonds. The van der Waals surface area contributed by atoms with Gasteiger partial charge in [0.25, 0.3) is 11.6 Å². The number of nitro benzene ring substituents is 1. The van der Waals surface area contributed by atoms with Gasteiger partial charge in [-0.1, -0.05) is 11.6 Å². The minimum Gasteiger partial charge on any atom is -0.481 e. The summed E-state index contributed by atoms with van der Waals surface area (Å²) in [5.74, 6) is -2.60.